The van der Waals surface area contributed by atoms with Crippen LogP contribution >= 0.6 is 0 Å². The highest BCUT2D eigenvalue weighted by molar-refractivity contribution is 5.78. The van der Waals surface area contributed by atoms with Gasteiger partial charge in [0, 0.05) is 38.7 Å². The standard InChI is InChI=1S/C19H24N4O5/c1-22(2)17(25)9-10-20-16(24)12-23-18(26)11-15(28-4)19(21-23)13-5-7-14(27-3)8-6-13/h5-8,11H,9-10,12H2,1-4H3,(H,20,24). The van der Waals surface area contributed by atoms with Crippen molar-refractivity contribution in [2.24, 2.45) is 0 Å². The van der Waals surface area contributed by atoms with E-state index in [1.165, 1.54) is 18.1 Å². The zero-order valence-electron chi connectivity index (χ0n) is 16.4. The van der Waals surface area contributed by atoms with Crippen LogP contribution in [-0.2, 0) is 16.1 Å². The summed E-state index contributed by atoms with van der Waals surface area (Å²) >= 11 is 0. The zero-order chi connectivity index (χ0) is 20.7. The van der Waals surface area contributed by atoms with Crippen LogP contribution in [0.15, 0.2) is 35.1 Å². The summed E-state index contributed by atoms with van der Waals surface area (Å²) in [5.74, 6) is 0.486. The fourth-order valence-electron chi connectivity index (χ4n) is 2.42. The minimum Gasteiger partial charge on any atom is -0.497 e. The molecule has 9 heteroatoms. The van der Waals surface area contributed by atoms with Gasteiger partial charge in [-0.25, -0.2) is 4.68 Å². The molecule has 2 aromatic rings. The topological polar surface area (TPSA) is 103 Å². The normalized spacial score (nSPS) is 10.3. The van der Waals surface area contributed by atoms with Crippen LogP contribution in [0.5, 0.6) is 11.5 Å². The molecule has 0 aliphatic carbocycles. The molecule has 0 saturated carbocycles. The molecule has 2 rings (SSSR count). The highest BCUT2D eigenvalue weighted by Crippen LogP contribution is 2.27. The van der Waals surface area contributed by atoms with Crippen LogP contribution in [0.4, 0.5) is 0 Å². The number of nitrogens with one attached hydrogen (secondary N) is 1. The van der Waals surface area contributed by atoms with Gasteiger partial charge in [0.15, 0.2) is 5.75 Å². The number of aromatic nitrogens is 2. The summed E-state index contributed by atoms with van der Waals surface area (Å²) in [4.78, 5) is 37.4. The highest BCUT2D eigenvalue weighted by atomic mass is 16.5. The molecular formula is C19H24N4O5. The van der Waals surface area contributed by atoms with E-state index in [2.05, 4.69) is 10.4 Å². The summed E-state index contributed by atoms with van der Waals surface area (Å²) in [7, 11) is 6.30. The lowest BCUT2D eigenvalue weighted by Gasteiger charge is -2.12. The number of hydrogen-bond donors (Lipinski definition) is 1. The molecule has 28 heavy (non-hydrogen) atoms. The second-order valence-corrected chi connectivity index (χ2v) is 6.17. The molecular weight excluding hydrogens is 364 g/mol. The molecule has 150 valence electrons. The predicted molar refractivity (Wildman–Crippen MR) is 103 cm³/mol. The Morgan fingerprint density at radius 1 is 1.14 bits per heavy atom. The Morgan fingerprint density at radius 3 is 2.39 bits per heavy atom. The Labute approximate surface area is 162 Å². The average Bonchev–Trinajstić information content (AvgIpc) is 2.69. The lowest BCUT2D eigenvalue weighted by atomic mass is 10.1. The summed E-state index contributed by atoms with van der Waals surface area (Å²) in [5, 5.41) is 6.90. The van der Waals surface area contributed by atoms with Crippen molar-refractivity contribution in [2.75, 3.05) is 34.9 Å². The minimum atomic E-state index is -0.464. The number of ether oxygens (including phenoxy) is 2. The SMILES string of the molecule is COc1ccc(-c2nn(CC(=O)NCCC(=O)N(C)C)c(=O)cc2OC)cc1. The summed E-state index contributed by atoms with van der Waals surface area (Å²) in [6, 6.07) is 8.38. The van der Waals surface area contributed by atoms with E-state index < -0.39 is 11.5 Å². The summed E-state index contributed by atoms with van der Waals surface area (Å²) in [6.07, 6.45) is 0.181. The highest BCUT2D eigenvalue weighted by Gasteiger charge is 2.14. The second kappa shape index (κ2) is 9.54. The average molecular weight is 388 g/mol. The maximum atomic E-state index is 12.2. The Kier molecular flexibility index (Phi) is 7.14. The fourth-order valence-corrected chi connectivity index (χ4v) is 2.42. The minimum absolute atomic E-state index is 0.0955. The quantitative estimate of drug-likeness (QED) is 0.707. The molecule has 0 unspecified atom stereocenters. The van der Waals surface area contributed by atoms with Gasteiger partial charge in [0.1, 0.15) is 18.0 Å². The van der Waals surface area contributed by atoms with E-state index >= 15 is 0 Å². The van der Waals surface area contributed by atoms with E-state index in [1.807, 2.05) is 0 Å². The summed E-state index contributed by atoms with van der Waals surface area (Å²) in [6.45, 7) is -0.0752. The molecule has 0 radical (unpaired) electrons. The first-order valence-corrected chi connectivity index (χ1v) is 8.63. The number of carbonyl (C=O) groups is 2. The van der Waals surface area contributed by atoms with Crippen LogP contribution in [0.2, 0.25) is 0 Å². The molecule has 1 N–H and O–H groups in total. The number of rotatable bonds is 8. The molecule has 0 aliphatic heterocycles. The van der Waals surface area contributed by atoms with Crippen molar-refractivity contribution in [2.45, 2.75) is 13.0 Å². The molecule has 0 aliphatic rings. The third-order valence-corrected chi connectivity index (χ3v) is 4.00. The number of amides is 2. The second-order valence-electron chi connectivity index (χ2n) is 6.17. The Bertz CT molecular complexity index is 890. The largest absolute Gasteiger partial charge is 0.497 e. The Morgan fingerprint density at radius 2 is 1.82 bits per heavy atom. The van der Waals surface area contributed by atoms with Crippen molar-refractivity contribution in [3.8, 4) is 22.8 Å². The molecule has 9 nitrogen and oxygen atoms in total. The van der Waals surface area contributed by atoms with E-state index in [0.717, 1.165) is 4.68 Å². The van der Waals surface area contributed by atoms with E-state index in [1.54, 1.807) is 45.5 Å². The molecule has 1 heterocycles. The molecule has 0 spiro atoms. The predicted octanol–water partition coefficient (Wildman–Crippen LogP) is 0.522. The van der Waals surface area contributed by atoms with Crippen LogP contribution in [-0.4, -0.2) is 61.4 Å². The first kappa shape index (κ1) is 20.9. The monoisotopic (exact) mass is 388 g/mol. The van der Waals surface area contributed by atoms with Gasteiger partial charge in [0.25, 0.3) is 5.56 Å². The zero-order valence-corrected chi connectivity index (χ0v) is 16.4. The van der Waals surface area contributed by atoms with Gasteiger partial charge in [0.05, 0.1) is 14.2 Å². The van der Waals surface area contributed by atoms with Gasteiger partial charge < -0.3 is 19.7 Å². The molecule has 2 amide bonds. The van der Waals surface area contributed by atoms with Crippen molar-refractivity contribution < 1.29 is 19.1 Å². The van der Waals surface area contributed by atoms with Crippen LogP contribution in [0.25, 0.3) is 11.3 Å². The number of hydrogen-bond acceptors (Lipinski definition) is 6. The lowest BCUT2D eigenvalue weighted by molar-refractivity contribution is -0.128. The first-order valence-electron chi connectivity index (χ1n) is 8.63. The van der Waals surface area contributed by atoms with Gasteiger partial charge in [0.2, 0.25) is 11.8 Å². The molecule has 0 bridgehead atoms. The Hall–Kier alpha value is -3.36. The smallest absolute Gasteiger partial charge is 0.270 e. The van der Waals surface area contributed by atoms with Crippen molar-refractivity contribution in [1.29, 1.82) is 0 Å². The summed E-state index contributed by atoms with van der Waals surface area (Å²) in [5.41, 5.74) is 0.678. The van der Waals surface area contributed by atoms with Crippen molar-refractivity contribution in [3.05, 3.63) is 40.7 Å². The molecule has 1 aromatic heterocycles. The molecule has 0 saturated heterocycles. The van der Waals surface area contributed by atoms with Gasteiger partial charge in [-0.15, -0.1) is 0 Å². The molecule has 1 aromatic carbocycles. The van der Waals surface area contributed by atoms with E-state index in [4.69, 9.17) is 9.47 Å². The van der Waals surface area contributed by atoms with Gasteiger partial charge in [-0.05, 0) is 24.3 Å². The van der Waals surface area contributed by atoms with E-state index in [-0.39, 0.29) is 25.4 Å². The third-order valence-electron chi connectivity index (χ3n) is 4.00. The van der Waals surface area contributed by atoms with Crippen LogP contribution in [0.3, 0.4) is 0 Å². The van der Waals surface area contributed by atoms with Crippen LogP contribution in [0.1, 0.15) is 6.42 Å². The first-order chi connectivity index (χ1) is 13.3. The van der Waals surface area contributed by atoms with Gasteiger partial charge >= 0.3 is 0 Å². The lowest BCUT2D eigenvalue weighted by Crippen LogP contribution is -2.35. The van der Waals surface area contributed by atoms with Crippen molar-refractivity contribution in [1.82, 2.24) is 20.0 Å². The van der Waals surface area contributed by atoms with Gasteiger partial charge in [-0.3, -0.25) is 14.4 Å². The number of benzene rings is 1. The van der Waals surface area contributed by atoms with E-state index in [9.17, 15) is 14.4 Å². The molecule has 0 atom stereocenters. The number of carbonyl (C=O) groups excluding carboxylic acids is 2. The molecule has 0 fully saturated rings. The van der Waals surface area contributed by atoms with Crippen LogP contribution in [0, 0.1) is 0 Å². The van der Waals surface area contributed by atoms with E-state index in [0.29, 0.717) is 22.8 Å². The summed E-state index contributed by atoms with van der Waals surface area (Å²) < 4.78 is 11.5. The number of methoxy groups -OCH3 is 2. The van der Waals surface area contributed by atoms with Crippen molar-refractivity contribution in [3.63, 3.8) is 0 Å². The number of nitrogens with zero attached hydrogens (tertiary/aromatic N) is 3. The maximum Gasteiger partial charge on any atom is 0.270 e. The Balaban J connectivity index is 2.17. The maximum absolute atomic E-state index is 12.2. The third kappa shape index (κ3) is 5.32. The van der Waals surface area contributed by atoms with Crippen molar-refractivity contribution >= 4 is 11.8 Å². The fraction of sp³-hybridized carbons (Fsp3) is 0.368. The van der Waals surface area contributed by atoms with Gasteiger partial charge in [-0.2, -0.15) is 5.10 Å². The van der Waals surface area contributed by atoms with Crippen LogP contribution < -0.4 is 20.3 Å². The van der Waals surface area contributed by atoms with Gasteiger partial charge in [-0.1, -0.05) is 0 Å².